The van der Waals surface area contributed by atoms with Gasteiger partial charge in [0.05, 0.1) is 0 Å². The summed E-state index contributed by atoms with van der Waals surface area (Å²) in [6, 6.07) is 5.04. The van der Waals surface area contributed by atoms with Crippen LogP contribution >= 0.6 is 0 Å². The molecular weight excluding hydrogens is 182 g/mol. The normalized spacial score (nSPS) is 7.85. The van der Waals surface area contributed by atoms with E-state index in [-0.39, 0.29) is 12.9 Å². The molecule has 0 aliphatic heterocycles. The number of rotatable bonds is 2. The van der Waals surface area contributed by atoms with Gasteiger partial charge in [0, 0.05) is 0 Å². The lowest BCUT2D eigenvalue weighted by molar-refractivity contribution is -0.141. The first-order valence-electron chi connectivity index (χ1n) is 3.15. The first-order chi connectivity index (χ1) is 6.22. The average molecular weight is 188 g/mol. The van der Waals surface area contributed by atoms with Gasteiger partial charge in [-0.25, -0.2) is 8.78 Å². The number of ether oxygens (including phenoxy) is 1. The fourth-order valence-corrected chi connectivity index (χ4v) is 0.462. The SMILES string of the molecule is Fc1ccccc1F.O=COC=O. The van der Waals surface area contributed by atoms with Crippen LogP contribution in [-0.4, -0.2) is 12.9 Å². The Morgan fingerprint density at radius 2 is 1.38 bits per heavy atom. The number of carbonyl (C=O) groups is 2. The fraction of sp³-hybridized carbons (Fsp3) is 0. The van der Waals surface area contributed by atoms with E-state index in [1.54, 1.807) is 0 Å². The lowest BCUT2D eigenvalue weighted by Crippen LogP contribution is -1.77. The molecule has 1 rings (SSSR count). The minimum absolute atomic E-state index is 0.0625. The molecule has 70 valence electrons. The topological polar surface area (TPSA) is 43.4 Å². The molecule has 13 heavy (non-hydrogen) atoms. The molecule has 0 aromatic heterocycles. The third kappa shape index (κ3) is 5.49. The maximum atomic E-state index is 11.9. The molecule has 1 aromatic carbocycles. The lowest BCUT2D eigenvalue weighted by Gasteiger charge is -1.85. The van der Waals surface area contributed by atoms with E-state index in [2.05, 4.69) is 4.74 Å². The Labute approximate surface area is 72.9 Å². The second-order valence-corrected chi connectivity index (χ2v) is 1.74. The monoisotopic (exact) mass is 188 g/mol. The van der Waals surface area contributed by atoms with Crippen LogP contribution in [0, 0.1) is 11.6 Å². The Morgan fingerprint density at radius 1 is 1.00 bits per heavy atom. The Kier molecular flexibility index (Phi) is 5.96. The van der Waals surface area contributed by atoms with Crippen molar-refractivity contribution in [1.29, 1.82) is 0 Å². The first kappa shape index (κ1) is 11.2. The minimum atomic E-state index is -0.799. The van der Waals surface area contributed by atoms with E-state index >= 15 is 0 Å². The molecular formula is C8H6F2O3. The van der Waals surface area contributed by atoms with Gasteiger partial charge < -0.3 is 4.74 Å². The smallest absolute Gasteiger partial charge is 0.300 e. The van der Waals surface area contributed by atoms with Gasteiger partial charge in [0.15, 0.2) is 11.6 Å². The number of halogens is 2. The fourth-order valence-electron chi connectivity index (χ4n) is 0.462. The summed E-state index contributed by atoms with van der Waals surface area (Å²) in [7, 11) is 0. The van der Waals surface area contributed by atoms with Crippen molar-refractivity contribution >= 4 is 12.9 Å². The molecule has 5 heteroatoms. The average Bonchev–Trinajstić information content (AvgIpc) is 2.13. The van der Waals surface area contributed by atoms with Gasteiger partial charge in [-0.3, -0.25) is 9.59 Å². The van der Waals surface area contributed by atoms with Gasteiger partial charge in [0.2, 0.25) is 0 Å². The second-order valence-electron chi connectivity index (χ2n) is 1.74. The molecule has 0 N–H and O–H groups in total. The molecule has 0 radical (unpaired) electrons. The van der Waals surface area contributed by atoms with Crippen molar-refractivity contribution in [3.63, 3.8) is 0 Å². The van der Waals surface area contributed by atoms with Gasteiger partial charge in [-0.05, 0) is 12.1 Å². The van der Waals surface area contributed by atoms with Crippen LogP contribution in [0.5, 0.6) is 0 Å². The highest BCUT2D eigenvalue weighted by Crippen LogP contribution is 2.01. The molecule has 0 saturated heterocycles. The van der Waals surface area contributed by atoms with Gasteiger partial charge >= 0.3 is 12.9 Å². The maximum absolute atomic E-state index is 11.9. The largest absolute Gasteiger partial charge is 0.398 e. The highest BCUT2D eigenvalue weighted by atomic mass is 19.2. The Hall–Kier alpha value is -1.78. The van der Waals surface area contributed by atoms with E-state index in [1.807, 2.05) is 0 Å². The summed E-state index contributed by atoms with van der Waals surface area (Å²) in [6.45, 7) is 0.125. The van der Waals surface area contributed by atoms with Gasteiger partial charge in [-0.1, -0.05) is 12.1 Å². The highest BCUT2D eigenvalue weighted by Gasteiger charge is 1.93. The maximum Gasteiger partial charge on any atom is 0.300 e. The standard InChI is InChI=1S/C6H4F2.C2H2O3/c7-5-3-1-2-4-6(5)8;3-1-5-2-4/h1-4H;1-2H. The summed E-state index contributed by atoms with van der Waals surface area (Å²) in [4.78, 5) is 17.9. The van der Waals surface area contributed by atoms with E-state index < -0.39 is 11.6 Å². The molecule has 0 unspecified atom stereocenters. The quantitative estimate of drug-likeness (QED) is 0.518. The van der Waals surface area contributed by atoms with Gasteiger partial charge in [0.25, 0.3) is 0 Å². The molecule has 0 bridgehead atoms. The van der Waals surface area contributed by atoms with Crippen molar-refractivity contribution in [1.82, 2.24) is 0 Å². The molecule has 0 atom stereocenters. The van der Waals surface area contributed by atoms with E-state index in [0.29, 0.717) is 0 Å². The summed E-state index contributed by atoms with van der Waals surface area (Å²) in [5.74, 6) is -1.60. The molecule has 0 aliphatic carbocycles. The zero-order valence-corrected chi connectivity index (χ0v) is 6.44. The summed E-state index contributed by atoms with van der Waals surface area (Å²) in [6.07, 6.45) is 0. The first-order valence-corrected chi connectivity index (χ1v) is 3.15. The van der Waals surface area contributed by atoms with Gasteiger partial charge in [0.1, 0.15) is 0 Å². The van der Waals surface area contributed by atoms with Crippen molar-refractivity contribution in [2.45, 2.75) is 0 Å². The molecule has 0 heterocycles. The van der Waals surface area contributed by atoms with E-state index in [4.69, 9.17) is 9.59 Å². The number of hydrogen-bond donors (Lipinski definition) is 0. The van der Waals surface area contributed by atoms with E-state index in [1.165, 1.54) is 12.1 Å². The van der Waals surface area contributed by atoms with Crippen LogP contribution in [0.3, 0.4) is 0 Å². The predicted octanol–water partition coefficient (Wildman–Crippen LogP) is 1.28. The molecule has 0 saturated carbocycles. The van der Waals surface area contributed by atoms with Crippen LogP contribution < -0.4 is 0 Å². The van der Waals surface area contributed by atoms with Crippen LogP contribution in [0.2, 0.25) is 0 Å². The zero-order chi connectivity index (χ0) is 10.1. The van der Waals surface area contributed by atoms with Gasteiger partial charge in [-0.2, -0.15) is 0 Å². The molecule has 3 nitrogen and oxygen atoms in total. The minimum Gasteiger partial charge on any atom is -0.398 e. The zero-order valence-electron chi connectivity index (χ0n) is 6.44. The van der Waals surface area contributed by atoms with Crippen molar-refractivity contribution in [3.8, 4) is 0 Å². The van der Waals surface area contributed by atoms with Crippen LogP contribution in [0.25, 0.3) is 0 Å². The van der Waals surface area contributed by atoms with Crippen molar-refractivity contribution < 1.29 is 23.1 Å². The summed E-state index contributed by atoms with van der Waals surface area (Å²) in [5, 5.41) is 0. The summed E-state index contributed by atoms with van der Waals surface area (Å²) < 4.78 is 27.4. The number of hydrogen-bond acceptors (Lipinski definition) is 3. The molecule has 0 spiro atoms. The third-order valence-electron chi connectivity index (χ3n) is 0.935. The van der Waals surface area contributed by atoms with Crippen LogP contribution in [0.1, 0.15) is 0 Å². The Bertz CT molecular complexity index is 249. The summed E-state index contributed by atoms with van der Waals surface area (Å²) in [5.41, 5.74) is 0. The van der Waals surface area contributed by atoms with Crippen molar-refractivity contribution in [2.24, 2.45) is 0 Å². The molecule has 0 amide bonds. The summed E-state index contributed by atoms with van der Waals surface area (Å²) >= 11 is 0. The third-order valence-corrected chi connectivity index (χ3v) is 0.935. The Balaban J connectivity index is 0.000000252. The van der Waals surface area contributed by atoms with Crippen LogP contribution in [0.15, 0.2) is 24.3 Å². The van der Waals surface area contributed by atoms with E-state index in [9.17, 15) is 8.78 Å². The Morgan fingerprint density at radius 3 is 1.54 bits per heavy atom. The highest BCUT2D eigenvalue weighted by molar-refractivity contribution is 5.55. The molecule has 0 aliphatic rings. The van der Waals surface area contributed by atoms with E-state index in [0.717, 1.165) is 12.1 Å². The van der Waals surface area contributed by atoms with Gasteiger partial charge in [-0.15, -0.1) is 0 Å². The molecule has 0 fully saturated rings. The number of benzene rings is 1. The van der Waals surface area contributed by atoms with Crippen molar-refractivity contribution in [2.75, 3.05) is 0 Å². The van der Waals surface area contributed by atoms with Crippen LogP contribution in [-0.2, 0) is 14.3 Å². The number of carbonyl (C=O) groups excluding carboxylic acids is 2. The second kappa shape index (κ2) is 6.90. The molecule has 1 aromatic rings. The lowest BCUT2D eigenvalue weighted by atomic mass is 10.3. The van der Waals surface area contributed by atoms with Crippen LogP contribution in [0.4, 0.5) is 8.78 Å². The van der Waals surface area contributed by atoms with Crippen molar-refractivity contribution in [3.05, 3.63) is 35.9 Å². The predicted molar refractivity (Wildman–Crippen MR) is 39.6 cm³/mol.